The Morgan fingerprint density at radius 2 is 2.07 bits per heavy atom. The van der Waals surface area contributed by atoms with Crippen LogP contribution in [0.5, 0.6) is 0 Å². The van der Waals surface area contributed by atoms with E-state index in [4.69, 9.17) is 5.11 Å². The molecule has 1 aromatic rings. The Hall–Kier alpha value is -1.63. The van der Waals surface area contributed by atoms with E-state index in [2.05, 4.69) is 4.98 Å². The van der Waals surface area contributed by atoms with E-state index in [1.807, 2.05) is 0 Å². The standard InChI is InChI=1S/C8H6F3NO3/c9-8(10,11)6(13)4-2-1-3-5(12-4)7(14)15/h1-3,6,13H,(H,14,15)/p-1. The molecule has 0 radical (unpaired) electrons. The van der Waals surface area contributed by atoms with Gasteiger partial charge >= 0.3 is 6.18 Å². The van der Waals surface area contributed by atoms with Gasteiger partial charge in [0.25, 0.3) is 0 Å². The first-order valence-corrected chi connectivity index (χ1v) is 3.75. The van der Waals surface area contributed by atoms with E-state index in [0.29, 0.717) is 0 Å². The number of aromatic carboxylic acids is 1. The van der Waals surface area contributed by atoms with Crippen LogP contribution in [-0.2, 0) is 0 Å². The van der Waals surface area contributed by atoms with E-state index >= 15 is 0 Å². The molecule has 1 rings (SSSR count). The number of carbonyl (C=O) groups is 1. The Morgan fingerprint density at radius 1 is 1.47 bits per heavy atom. The minimum atomic E-state index is -4.88. The third-order valence-corrected chi connectivity index (χ3v) is 1.57. The predicted molar refractivity (Wildman–Crippen MR) is 39.6 cm³/mol. The van der Waals surface area contributed by atoms with Crippen molar-refractivity contribution in [3.63, 3.8) is 0 Å². The third-order valence-electron chi connectivity index (χ3n) is 1.57. The number of rotatable bonds is 2. The van der Waals surface area contributed by atoms with Crippen LogP contribution in [0.3, 0.4) is 0 Å². The number of aliphatic hydroxyl groups excluding tert-OH is 1. The van der Waals surface area contributed by atoms with Crippen molar-refractivity contribution < 1.29 is 28.2 Å². The first-order valence-electron chi connectivity index (χ1n) is 3.75. The number of carboxylic acids is 1. The molecule has 0 aliphatic carbocycles. The van der Waals surface area contributed by atoms with E-state index in [1.165, 1.54) is 0 Å². The summed E-state index contributed by atoms with van der Waals surface area (Å²) in [5, 5.41) is 19.1. The zero-order chi connectivity index (χ0) is 11.6. The van der Waals surface area contributed by atoms with Gasteiger partial charge in [0.2, 0.25) is 0 Å². The lowest BCUT2D eigenvalue weighted by Gasteiger charge is -2.14. The van der Waals surface area contributed by atoms with Crippen molar-refractivity contribution in [3.05, 3.63) is 29.6 Å². The largest absolute Gasteiger partial charge is 0.543 e. The second-order valence-electron chi connectivity index (χ2n) is 2.68. The van der Waals surface area contributed by atoms with Gasteiger partial charge in [-0.25, -0.2) is 4.98 Å². The summed E-state index contributed by atoms with van der Waals surface area (Å²) >= 11 is 0. The lowest BCUT2D eigenvalue weighted by atomic mass is 10.2. The molecule has 7 heteroatoms. The number of hydrogen-bond donors (Lipinski definition) is 1. The van der Waals surface area contributed by atoms with Crippen molar-refractivity contribution in [2.45, 2.75) is 12.3 Å². The zero-order valence-corrected chi connectivity index (χ0v) is 7.15. The monoisotopic (exact) mass is 220 g/mol. The molecule has 1 atom stereocenters. The average Bonchev–Trinajstić information content (AvgIpc) is 2.15. The molecular weight excluding hydrogens is 215 g/mol. The smallest absolute Gasteiger partial charge is 0.420 e. The molecule has 0 spiro atoms. The molecular formula is C8H5F3NO3-. The van der Waals surface area contributed by atoms with Gasteiger partial charge in [-0.1, -0.05) is 6.07 Å². The summed E-state index contributed by atoms with van der Waals surface area (Å²) in [6, 6.07) is 2.90. The van der Waals surface area contributed by atoms with Crippen molar-refractivity contribution in [1.82, 2.24) is 4.98 Å². The van der Waals surface area contributed by atoms with E-state index in [-0.39, 0.29) is 0 Å². The van der Waals surface area contributed by atoms with Crippen LogP contribution in [0.15, 0.2) is 18.2 Å². The number of aliphatic hydroxyl groups is 1. The lowest BCUT2D eigenvalue weighted by molar-refractivity contribution is -0.255. The average molecular weight is 220 g/mol. The number of halogens is 3. The van der Waals surface area contributed by atoms with Crippen LogP contribution in [-0.4, -0.2) is 22.2 Å². The minimum absolute atomic E-state index is 0.657. The quantitative estimate of drug-likeness (QED) is 0.763. The summed E-state index contributed by atoms with van der Waals surface area (Å²) in [6.45, 7) is 0. The van der Waals surface area contributed by atoms with Crippen molar-refractivity contribution in [2.24, 2.45) is 0 Å². The number of pyridine rings is 1. The molecule has 82 valence electrons. The number of nitrogens with zero attached hydrogens (tertiary/aromatic N) is 1. The van der Waals surface area contributed by atoms with Gasteiger partial charge < -0.3 is 15.0 Å². The molecule has 1 aromatic heterocycles. The molecule has 0 saturated heterocycles. The summed E-state index contributed by atoms with van der Waals surface area (Å²) in [5.41, 5.74) is -1.43. The highest BCUT2D eigenvalue weighted by molar-refractivity contribution is 5.83. The van der Waals surface area contributed by atoms with Gasteiger partial charge in [0.15, 0.2) is 6.10 Å². The van der Waals surface area contributed by atoms with Crippen LogP contribution in [0.25, 0.3) is 0 Å². The van der Waals surface area contributed by atoms with Gasteiger partial charge in [-0.05, 0) is 12.1 Å². The van der Waals surface area contributed by atoms with Gasteiger partial charge in [-0.2, -0.15) is 13.2 Å². The zero-order valence-electron chi connectivity index (χ0n) is 7.15. The number of aromatic nitrogens is 1. The van der Waals surface area contributed by atoms with E-state index < -0.39 is 29.6 Å². The second kappa shape index (κ2) is 3.85. The van der Waals surface area contributed by atoms with Crippen molar-refractivity contribution >= 4 is 5.97 Å². The molecule has 1 unspecified atom stereocenters. The Morgan fingerprint density at radius 3 is 2.53 bits per heavy atom. The molecule has 0 fully saturated rings. The van der Waals surface area contributed by atoms with E-state index in [9.17, 15) is 23.1 Å². The summed E-state index contributed by atoms with van der Waals surface area (Å²) in [4.78, 5) is 13.4. The van der Waals surface area contributed by atoms with Crippen LogP contribution >= 0.6 is 0 Å². The number of alkyl halides is 3. The normalized spacial score (nSPS) is 13.6. The predicted octanol–water partition coefficient (Wildman–Crippen LogP) is 0.0408. The van der Waals surface area contributed by atoms with Gasteiger partial charge in [-0.15, -0.1) is 0 Å². The van der Waals surface area contributed by atoms with Crippen molar-refractivity contribution in [2.75, 3.05) is 0 Å². The number of carboxylic acid groups (broad SMARTS) is 1. The SMILES string of the molecule is O=C([O-])c1cccc(C(O)C(F)(F)F)n1. The van der Waals surface area contributed by atoms with Crippen molar-refractivity contribution in [3.8, 4) is 0 Å². The summed E-state index contributed by atoms with van der Waals surface area (Å²) < 4.78 is 36.0. The Bertz CT molecular complexity index is 378. The van der Waals surface area contributed by atoms with E-state index in [0.717, 1.165) is 18.2 Å². The van der Waals surface area contributed by atoms with Crippen LogP contribution in [0.1, 0.15) is 22.3 Å². The molecule has 1 N–H and O–H groups in total. The summed E-state index contributed by atoms with van der Waals surface area (Å²) in [7, 11) is 0. The fourth-order valence-electron chi connectivity index (χ4n) is 0.885. The summed E-state index contributed by atoms with van der Waals surface area (Å²) in [5.74, 6) is -1.70. The molecule has 1 heterocycles. The van der Waals surface area contributed by atoms with Crippen LogP contribution < -0.4 is 5.11 Å². The minimum Gasteiger partial charge on any atom is -0.543 e. The molecule has 0 aliphatic rings. The maximum atomic E-state index is 12.0. The third kappa shape index (κ3) is 2.66. The Kier molecular flexibility index (Phi) is 2.94. The second-order valence-corrected chi connectivity index (χ2v) is 2.68. The van der Waals surface area contributed by atoms with Crippen LogP contribution in [0, 0.1) is 0 Å². The maximum absolute atomic E-state index is 12.0. The van der Waals surface area contributed by atoms with Crippen LogP contribution in [0.2, 0.25) is 0 Å². The van der Waals surface area contributed by atoms with Gasteiger partial charge in [-0.3, -0.25) is 0 Å². The first kappa shape index (κ1) is 11.4. The van der Waals surface area contributed by atoms with Crippen molar-refractivity contribution in [1.29, 1.82) is 0 Å². The number of hydrogen-bond acceptors (Lipinski definition) is 4. The first-order chi connectivity index (χ1) is 6.82. The molecule has 4 nitrogen and oxygen atoms in total. The molecule has 0 saturated carbocycles. The Balaban J connectivity index is 3.06. The lowest BCUT2D eigenvalue weighted by Crippen LogP contribution is -2.26. The molecule has 0 bridgehead atoms. The molecule has 15 heavy (non-hydrogen) atoms. The van der Waals surface area contributed by atoms with Crippen LogP contribution in [0.4, 0.5) is 13.2 Å². The molecule has 0 amide bonds. The topological polar surface area (TPSA) is 73.2 Å². The van der Waals surface area contributed by atoms with Gasteiger partial charge in [0.05, 0.1) is 17.4 Å². The highest BCUT2D eigenvalue weighted by Gasteiger charge is 2.40. The fraction of sp³-hybridized carbons (Fsp3) is 0.250. The van der Waals surface area contributed by atoms with Gasteiger partial charge in [0, 0.05) is 0 Å². The highest BCUT2D eigenvalue weighted by atomic mass is 19.4. The maximum Gasteiger partial charge on any atom is 0.420 e. The molecule has 0 aromatic carbocycles. The highest BCUT2D eigenvalue weighted by Crippen LogP contribution is 2.31. The summed E-state index contributed by atoms with van der Waals surface area (Å²) in [6.07, 6.45) is -7.67. The van der Waals surface area contributed by atoms with E-state index in [1.54, 1.807) is 0 Å². The fourth-order valence-corrected chi connectivity index (χ4v) is 0.885. The Labute approximate surface area is 82.0 Å². The van der Waals surface area contributed by atoms with Gasteiger partial charge in [0.1, 0.15) is 0 Å². The molecule has 0 aliphatic heterocycles. The number of carbonyl (C=O) groups excluding carboxylic acids is 1.